The van der Waals surface area contributed by atoms with E-state index in [1.165, 1.54) is 0 Å². The van der Waals surface area contributed by atoms with E-state index in [0.717, 1.165) is 10.5 Å². The van der Waals surface area contributed by atoms with Crippen LogP contribution in [0, 0.1) is 0 Å². The fraction of sp³-hybridized carbons (Fsp3) is 0.208. The van der Waals surface area contributed by atoms with Gasteiger partial charge in [-0.25, -0.2) is 0 Å². The van der Waals surface area contributed by atoms with E-state index in [-0.39, 0.29) is 11.0 Å². The first-order valence-corrected chi connectivity index (χ1v) is 10.4. The Morgan fingerprint density at radius 2 is 1.72 bits per heavy atom. The average Bonchev–Trinajstić information content (AvgIpc) is 2.76. The Morgan fingerprint density at radius 3 is 2.41 bits per heavy atom. The van der Waals surface area contributed by atoms with Gasteiger partial charge in [0.25, 0.3) is 0 Å². The molecule has 3 aromatic carbocycles. The number of nitrogen functional groups attached to an aromatic ring is 1. The lowest BCUT2D eigenvalue weighted by Gasteiger charge is -2.19. The van der Waals surface area contributed by atoms with Crippen molar-refractivity contribution in [1.82, 2.24) is 0 Å². The molecule has 3 aromatic rings. The van der Waals surface area contributed by atoms with Crippen LogP contribution in [-0.4, -0.2) is 19.5 Å². The summed E-state index contributed by atoms with van der Waals surface area (Å²) in [6.07, 6.45) is 0.347. The number of ether oxygens (including phenoxy) is 2. The number of thioether (sulfide) groups is 1. The lowest BCUT2D eigenvalue weighted by molar-refractivity contribution is 0.0982. The van der Waals surface area contributed by atoms with E-state index in [1.807, 2.05) is 79.7 Å². The maximum absolute atomic E-state index is 12.9. The van der Waals surface area contributed by atoms with Gasteiger partial charge in [-0.2, -0.15) is 0 Å². The number of hydrogen-bond donors (Lipinski definition) is 1. The van der Waals surface area contributed by atoms with Crippen LogP contribution in [0.1, 0.15) is 34.5 Å². The number of carbonyl (C=O) groups is 1. The number of anilines is 1. The Balaban J connectivity index is 1.94. The third-order valence-corrected chi connectivity index (χ3v) is 5.86. The molecule has 0 radical (unpaired) electrons. The summed E-state index contributed by atoms with van der Waals surface area (Å²) in [5, 5.41) is -0.114. The summed E-state index contributed by atoms with van der Waals surface area (Å²) in [6, 6.07) is 22.9. The molecule has 0 unspecified atom stereocenters. The predicted molar refractivity (Wildman–Crippen MR) is 119 cm³/mol. The number of hydrogen-bond acceptors (Lipinski definition) is 5. The fourth-order valence-electron chi connectivity index (χ4n) is 3.04. The summed E-state index contributed by atoms with van der Waals surface area (Å²) in [7, 11) is 1.62. The molecule has 0 heterocycles. The number of nitrogens with two attached hydrogens (primary N) is 1. The van der Waals surface area contributed by atoms with Crippen LogP contribution in [0.5, 0.6) is 11.5 Å². The van der Waals surface area contributed by atoms with Crippen LogP contribution in [0.3, 0.4) is 0 Å². The molecule has 2 N–H and O–H groups in total. The molecule has 0 spiro atoms. The Hall–Kier alpha value is -2.92. The van der Waals surface area contributed by atoms with Crippen molar-refractivity contribution < 1.29 is 14.3 Å². The van der Waals surface area contributed by atoms with Gasteiger partial charge < -0.3 is 15.2 Å². The quantitative estimate of drug-likeness (QED) is 0.277. The largest absolute Gasteiger partial charge is 0.493 e. The van der Waals surface area contributed by atoms with E-state index in [1.54, 1.807) is 18.9 Å². The summed E-state index contributed by atoms with van der Waals surface area (Å²) >= 11 is 1.59. The summed E-state index contributed by atoms with van der Waals surface area (Å²) in [5.74, 6) is 1.43. The SMILES string of the molecule is CCOc1ccc([C@H](CC(=O)c2ccccc2)Sc2ccccc2N)cc1OC. The molecule has 150 valence electrons. The van der Waals surface area contributed by atoms with Crippen molar-refractivity contribution >= 4 is 23.2 Å². The molecule has 0 saturated heterocycles. The Morgan fingerprint density at radius 1 is 1.00 bits per heavy atom. The van der Waals surface area contributed by atoms with Crippen molar-refractivity contribution in [1.29, 1.82) is 0 Å². The molecule has 0 aliphatic carbocycles. The highest BCUT2D eigenvalue weighted by Gasteiger charge is 2.21. The first-order valence-electron chi connectivity index (χ1n) is 9.52. The standard InChI is InChI=1S/C24H25NO3S/c1-3-28-21-14-13-18(15-22(21)27-2)24(29-23-12-8-7-11-19(23)25)16-20(26)17-9-5-4-6-10-17/h4-15,24H,3,16,25H2,1-2H3/t24-/m0/s1. The number of ketones is 1. The molecule has 0 amide bonds. The van der Waals surface area contributed by atoms with E-state index in [0.29, 0.717) is 35.8 Å². The Labute approximate surface area is 176 Å². The molecular weight excluding hydrogens is 382 g/mol. The van der Waals surface area contributed by atoms with Crippen molar-refractivity contribution in [2.45, 2.75) is 23.5 Å². The maximum Gasteiger partial charge on any atom is 0.164 e. The zero-order chi connectivity index (χ0) is 20.6. The number of Topliss-reactive ketones (excluding diaryl/α,β-unsaturated/α-hetero) is 1. The van der Waals surface area contributed by atoms with E-state index in [4.69, 9.17) is 15.2 Å². The summed E-state index contributed by atoms with van der Waals surface area (Å²) in [6.45, 7) is 2.49. The van der Waals surface area contributed by atoms with Crippen LogP contribution in [0.15, 0.2) is 77.7 Å². The van der Waals surface area contributed by atoms with Crippen LogP contribution in [0.2, 0.25) is 0 Å². The minimum atomic E-state index is -0.114. The number of benzene rings is 3. The van der Waals surface area contributed by atoms with Crippen LogP contribution in [0.4, 0.5) is 5.69 Å². The van der Waals surface area contributed by atoms with Gasteiger partial charge in [0, 0.05) is 27.8 Å². The van der Waals surface area contributed by atoms with Crippen molar-refractivity contribution in [3.63, 3.8) is 0 Å². The number of para-hydroxylation sites is 1. The molecule has 3 rings (SSSR count). The smallest absolute Gasteiger partial charge is 0.164 e. The van der Waals surface area contributed by atoms with Crippen LogP contribution in [0.25, 0.3) is 0 Å². The lowest BCUT2D eigenvalue weighted by atomic mass is 10.0. The van der Waals surface area contributed by atoms with Crippen LogP contribution in [-0.2, 0) is 0 Å². The topological polar surface area (TPSA) is 61.5 Å². The number of rotatable bonds is 9. The van der Waals surface area contributed by atoms with Crippen molar-refractivity contribution in [3.05, 3.63) is 83.9 Å². The van der Waals surface area contributed by atoms with E-state index < -0.39 is 0 Å². The molecule has 0 aliphatic rings. The molecule has 0 fully saturated rings. The van der Waals surface area contributed by atoms with Gasteiger partial charge in [-0.3, -0.25) is 4.79 Å². The van der Waals surface area contributed by atoms with Gasteiger partial charge >= 0.3 is 0 Å². The van der Waals surface area contributed by atoms with Gasteiger partial charge in [0.1, 0.15) is 0 Å². The zero-order valence-electron chi connectivity index (χ0n) is 16.6. The minimum absolute atomic E-state index is 0.0884. The van der Waals surface area contributed by atoms with Crippen molar-refractivity contribution in [3.8, 4) is 11.5 Å². The monoisotopic (exact) mass is 407 g/mol. The van der Waals surface area contributed by atoms with Gasteiger partial charge in [0.15, 0.2) is 17.3 Å². The van der Waals surface area contributed by atoms with Gasteiger partial charge in [0.2, 0.25) is 0 Å². The average molecular weight is 408 g/mol. The molecule has 29 heavy (non-hydrogen) atoms. The van der Waals surface area contributed by atoms with Gasteiger partial charge in [-0.15, -0.1) is 11.8 Å². The third kappa shape index (κ3) is 5.33. The second kappa shape index (κ2) is 10.0. The lowest BCUT2D eigenvalue weighted by Crippen LogP contribution is -2.06. The summed E-state index contributed by atoms with van der Waals surface area (Å²) in [4.78, 5) is 13.9. The second-order valence-corrected chi connectivity index (χ2v) is 7.73. The van der Waals surface area contributed by atoms with E-state index in [2.05, 4.69) is 0 Å². The molecule has 0 bridgehead atoms. The van der Waals surface area contributed by atoms with Gasteiger partial charge in [0.05, 0.1) is 13.7 Å². The maximum atomic E-state index is 12.9. The van der Waals surface area contributed by atoms with Gasteiger partial charge in [-0.1, -0.05) is 48.5 Å². The fourth-order valence-corrected chi connectivity index (χ4v) is 4.22. The Bertz CT molecular complexity index is 959. The second-order valence-electron chi connectivity index (χ2n) is 6.48. The highest BCUT2D eigenvalue weighted by atomic mass is 32.2. The summed E-state index contributed by atoms with van der Waals surface area (Å²) in [5.41, 5.74) is 8.55. The van der Waals surface area contributed by atoms with Gasteiger partial charge in [-0.05, 0) is 36.8 Å². The Kier molecular flexibility index (Phi) is 7.19. The highest BCUT2D eigenvalue weighted by Crippen LogP contribution is 2.43. The van der Waals surface area contributed by atoms with E-state index in [9.17, 15) is 4.79 Å². The molecule has 4 nitrogen and oxygen atoms in total. The molecular formula is C24H25NO3S. The minimum Gasteiger partial charge on any atom is -0.493 e. The highest BCUT2D eigenvalue weighted by molar-refractivity contribution is 7.99. The molecule has 0 saturated carbocycles. The van der Waals surface area contributed by atoms with Crippen LogP contribution >= 0.6 is 11.8 Å². The first kappa shape index (κ1) is 20.8. The van der Waals surface area contributed by atoms with E-state index >= 15 is 0 Å². The number of carbonyl (C=O) groups excluding carboxylic acids is 1. The molecule has 5 heteroatoms. The molecule has 1 atom stereocenters. The summed E-state index contributed by atoms with van der Waals surface area (Å²) < 4.78 is 11.1. The normalized spacial score (nSPS) is 11.7. The third-order valence-electron chi connectivity index (χ3n) is 4.51. The molecule has 0 aliphatic heterocycles. The number of methoxy groups -OCH3 is 1. The van der Waals surface area contributed by atoms with Crippen LogP contribution < -0.4 is 15.2 Å². The zero-order valence-corrected chi connectivity index (χ0v) is 17.4. The predicted octanol–water partition coefficient (Wildman–Crippen LogP) is 5.78. The first-order chi connectivity index (χ1) is 14.1. The molecule has 0 aromatic heterocycles. The van der Waals surface area contributed by atoms with Crippen molar-refractivity contribution in [2.24, 2.45) is 0 Å². The van der Waals surface area contributed by atoms with Crippen molar-refractivity contribution in [2.75, 3.05) is 19.5 Å².